The molecule has 0 bridgehead atoms. The van der Waals surface area contributed by atoms with Crippen molar-refractivity contribution in [3.05, 3.63) is 26.6 Å². The van der Waals surface area contributed by atoms with Crippen molar-refractivity contribution in [1.29, 1.82) is 0 Å². The molecule has 0 radical (unpaired) electrons. The number of hydrogen-bond donors (Lipinski definition) is 0. The molecule has 0 atom stereocenters. The van der Waals surface area contributed by atoms with Crippen molar-refractivity contribution in [2.45, 2.75) is 25.3 Å². The van der Waals surface area contributed by atoms with Gasteiger partial charge in [-0.2, -0.15) is 0 Å². The fourth-order valence-electron chi connectivity index (χ4n) is 2.12. The number of ether oxygens (including phenoxy) is 1. The molecule has 0 saturated heterocycles. The van der Waals surface area contributed by atoms with Crippen LogP contribution in [0.5, 0.6) is 0 Å². The van der Waals surface area contributed by atoms with Gasteiger partial charge in [0.15, 0.2) is 11.0 Å². The van der Waals surface area contributed by atoms with E-state index in [0.717, 1.165) is 16.9 Å². The van der Waals surface area contributed by atoms with Crippen LogP contribution in [0.2, 0.25) is 5.15 Å². The summed E-state index contributed by atoms with van der Waals surface area (Å²) in [6.07, 6.45) is 0. The fourth-order valence-corrected chi connectivity index (χ4v) is 3.56. The molecule has 1 aromatic carbocycles. The number of rotatable bonds is 2. The zero-order valence-corrected chi connectivity index (χ0v) is 13.1. The molecular formula is C12H9BrClFN2OS. The third-order valence-electron chi connectivity index (χ3n) is 2.94. The standard InChI is InChI=1S/C12H9BrClFN2OS/c1-2-19-12-16-10-7(11(14)17-12)5-3-18-4-6(5)8(13)9(10)15/h2-4H2,1H3. The first-order chi connectivity index (χ1) is 9.13. The normalized spacial score (nSPS) is 14.1. The maximum Gasteiger partial charge on any atom is 0.189 e. The number of nitrogens with zero attached hydrogens (tertiary/aromatic N) is 2. The number of aromatic nitrogens is 2. The van der Waals surface area contributed by atoms with Crippen molar-refractivity contribution >= 4 is 50.2 Å². The van der Waals surface area contributed by atoms with Crippen LogP contribution in [0.4, 0.5) is 4.39 Å². The van der Waals surface area contributed by atoms with Crippen LogP contribution in [0, 0.1) is 5.82 Å². The Hall–Kier alpha value is -0.430. The molecule has 100 valence electrons. The van der Waals surface area contributed by atoms with Gasteiger partial charge in [-0.1, -0.05) is 30.3 Å². The predicted molar refractivity (Wildman–Crippen MR) is 77.1 cm³/mol. The van der Waals surface area contributed by atoms with E-state index in [4.69, 9.17) is 16.3 Å². The van der Waals surface area contributed by atoms with Gasteiger partial charge >= 0.3 is 0 Å². The van der Waals surface area contributed by atoms with Gasteiger partial charge in [0.2, 0.25) is 0 Å². The third-order valence-corrected chi connectivity index (χ3v) is 4.77. The Bertz CT molecular complexity index is 683. The smallest absolute Gasteiger partial charge is 0.189 e. The van der Waals surface area contributed by atoms with Crippen LogP contribution in [-0.2, 0) is 18.0 Å². The summed E-state index contributed by atoms with van der Waals surface area (Å²) < 4.78 is 20.2. The molecule has 0 saturated carbocycles. The van der Waals surface area contributed by atoms with Gasteiger partial charge < -0.3 is 4.74 Å². The molecule has 7 heteroatoms. The summed E-state index contributed by atoms with van der Waals surface area (Å²) in [5.74, 6) is 0.403. The van der Waals surface area contributed by atoms with Gasteiger partial charge in [0.05, 0.1) is 17.7 Å². The van der Waals surface area contributed by atoms with Gasteiger partial charge in [-0.15, -0.1) is 0 Å². The molecule has 0 N–H and O–H groups in total. The van der Waals surface area contributed by atoms with Crippen LogP contribution in [0.15, 0.2) is 9.63 Å². The Morgan fingerprint density at radius 2 is 2.11 bits per heavy atom. The molecule has 3 nitrogen and oxygen atoms in total. The lowest BCUT2D eigenvalue weighted by atomic mass is 10.1. The number of fused-ring (bicyclic) bond motifs is 3. The quantitative estimate of drug-likeness (QED) is 0.452. The van der Waals surface area contributed by atoms with Gasteiger partial charge in [0.25, 0.3) is 0 Å². The first kappa shape index (κ1) is 13.5. The van der Waals surface area contributed by atoms with E-state index in [1.165, 1.54) is 11.8 Å². The summed E-state index contributed by atoms with van der Waals surface area (Å²) >= 11 is 10.9. The van der Waals surface area contributed by atoms with Crippen molar-refractivity contribution in [1.82, 2.24) is 9.97 Å². The maximum absolute atomic E-state index is 14.4. The summed E-state index contributed by atoms with van der Waals surface area (Å²) in [6, 6.07) is 0. The van der Waals surface area contributed by atoms with Gasteiger partial charge in [-0.25, -0.2) is 14.4 Å². The Balaban J connectivity index is 2.38. The van der Waals surface area contributed by atoms with Crippen LogP contribution >= 0.6 is 39.3 Å². The van der Waals surface area contributed by atoms with Crippen molar-refractivity contribution in [2.75, 3.05) is 5.75 Å². The molecule has 0 amide bonds. The first-order valence-electron chi connectivity index (χ1n) is 5.70. The van der Waals surface area contributed by atoms with Gasteiger partial charge in [0.1, 0.15) is 10.7 Å². The Kier molecular flexibility index (Phi) is 3.68. The lowest BCUT2D eigenvalue weighted by molar-refractivity contribution is 0.134. The van der Waals surface area contributed by atoms with Crippen molar-refractivity contribution in [3.8, 4) is 0 Å². The van der Waals surface area contributed by atoms with Crippen LogP contribution in [0.3, 0.4) is 0 Å². The molecule has 0 fully saturated rings. The van der Waals surface area contributed by atoms with Crippen molar-refractivity contribution < 1.29 is 9.13 Å². The summed E-state index contributed by atoms with van der Waals surface area (Å²) in [7, 11) is 0. The summed E-state index contributed by atoms with van der Waals surface area (Å²) in [6.45, 7) is 2.77. The number of benzene rings is 1. The molecule has 1 aliphatic rings. The monoisotopic (exact) mass is 362 g/mol. The van der Waals surface area contributed by atoms with Gasteiger partial charge in [-0.3, -0.25) is 0 Å². The molecule has 0 aliphatic carbocycles. The second-order valence-corrected chi connectivity index (χ2v) is 6.41. The van der Waals surface area contributed by atoms with Crippen LogP contribution in [0.25, 0.3) is 10.9 Å². The number of thioether (sulfide) groups is 1. The van der Waals surface area contributed by atoms with Crippen molar-refractivity contribution in [3.63, 3.8) is 0 Å². The maximum atomic E-state index is 14.4. The summed E-state index contributed by atoms with van der Waals surface area (Å²) in [4.78, 5) is 8.49. The van der Waals surface area contributed by atoms with Crippen molar-refractivity contribution in [2.24, 2.45) is 0 Å². The SMILES string of the molecule is CCSc1nc(Cl)c2c3c(c(Br)c(F)c2n1)COC3. The Labute approximate surface area is 127 Å². The molecule has 2 heterocycles. The summed E-state index contributed by atoms with van der Waals surface area (Å²) in [5, 5.41) is 1.34. The van der Waals surface area contributed by atoms with Crippen LogP contribution < -0.4 is 0 Å². The van der Waals surface area contributed by atoms with Crippen LogP contribution in [0.1, 0.15) is 18.1 Å². The molecule has 19 heavy (non-hydrogen) atoms. The minimum Gasteiger partial charge on any atom is -0.372 e. The first-order valence-corrected chi connectivity index (χ1v) is 7.85. The minimum absolute atomic E-state index is 0.257. The predicted octanol–water partition coefficient (Wildman–Crippen LogP) is 4.33. The van der Waals surface area contributed by atoms with E-state index in [1.54, 1.807) is 0 Å². The zero-order valence-electron chi connectivity index (χ0n) is 9.97. The molecule has 0 unspecified atom stereocenters. The third kappa shape index (κ3) is 2.14. The summed E-state index contributed by atoms with van der Waals surface area (Å²) in [5.41, 5.74) is 1.93. The lowest BCUT2D eigenvalue weighted by Crippen LogP contribution is -1.99. The van der Waals surface area contributed by atoms with E-state index in [9.17, 15) is 4.39 Å². The average molecular weight is 364 g/mol. The van der Waals surface area contributed by atoms with E-state index >= 15 is 0 Å². The Morgan fingerprint density at radius 3 is 2.84 bits per heavy atom. The minimum atomic E-state index is -0.401. The second-order valence-electron chi connectivity index (χ2n) is 4.03. The second kappa shape index (κ2) is 5.16. The topological polar surface area (TPSA) is 35.0 Å². The molecule has 0 spiro atoms. The molecule has 2 aromatic rings. The van der Waals surface area contributed by atoms with Crippen LogP contribution in [-0.4, -0.2) is 15.7 Å². The van der Waals surface area contributed by atoms with E-state index in [0.29, 0.717) is 28.2 Å². The highest BCUT2D eigenvalue weighted by Gasteiger charge is 2.25. The highest BCUT2D eigenvalue weighted by atomic mass is 79.9. The van der Waals surface area contributed by atoms with E-state index in [1.807, 2.05) is 6.92 Å². The molecule has 1 aliphatic heterocycles. The van der Waals surface area contributed by atoms with Gasteiger partial charge in [-0.05, 0) is 27.2 Å². The van der Waals surface area contributed by atoms with E-state index in [2.05, 4.69) is 25.9 Å². The highest BCUT2D eigenvalue weighted by molar-refractivity contribution is 9.10. The molecule has 1 aromatic heterocycles. The molecule has 3 rings (SSSR count). The van der Waals surface area contributed by atoms with E-state index in [-0.39, 0.29) is 10.7 Å². The average Bonchev–Trinajstić information content (AvgIpc) is 2.85. The number of halogens is 3. The molecular weight excluding hydrogens is 355 g/mol. The number of hydrogen-bond acceptors (Lipinski definition) is 4. The zero-order chi connectivity index (χ0) is 13.6. The Morgan fingerprint density at radius 1 is 1.37 bits per heavy atom. The van der Waals surface area contributed by atoms with Gasteiger partial charge in [0, 0.05) is 10.9 Å². The lowest BCUT2D eigenvalue weighted by Gasteiger charge is -2.10. The van der Waals surface area contributed by atoms with E-state index < -0.39 is 5.82 Å². The fraction of sp³-hybridized carbons (Fsp3) is 0.333. The largest absolute Gasteiger partial charge is 0.372 e. The highest BCUT2D eigenvalue weighted by Crippen LogP contribution is 2.39.